The molecule has 21 heavy (non-hydrogen) atoms. The summed E-state index contributed by atoms with van der Waals surface area (Å²) in [6.07, 6.45) is -1.25. The van der Waals surface area contributed by atoms with Gasteiger partial charge in [0.2, 0.25) is 5.91 Å². The number of rotatable bonds is 4. The molecule has 9 heteroatoms. The largest absolute Gasteiger partial charge is 0.411 e. The molecule has 1 fully saturated rings. The van der Waals surface area contributed by atoms with E-state index in [1.807, 2.05) is 0 Å². The fourth-order valence-electron chi connectivity index (χ4n) is 2.28. The average Bonchev–Trinajstić information content (AvgIpc) is 2.84. The van der Waals surface area contributed by atoms with Gasteiger partial charge in [0.25, 0.3) is 0 Å². The number of likely N-dealkylation sites (tertiary alicyclic amines) is 1. The highest BCUT2D eigenvalue weighted by atomic mass is 19.4. The van der Waals surface area contributed by atoms with Crippen molar-refractivity contribution in [2.45, 2.75) is 25.1 Å². The van der Waals surface area contributed by atoms with E-state index in [2.05, 4.69) is 9.84 Å². The number of aromatic nitrogens is 2. The van der Waals surface area contributed by atoms with E-state index in [4.69, 9.17) is 5.73 Å². The smallest absolute Gasteiger partial charge is 0.382 e. The van der Waals surface area contributed by atoms with Crippen molar-refractivity contribution in [3.63, 3.8) is 0 Å². The highest BCUT2D eigenvalue weighted by Gasteiger charge is 2.29. The number of halogens is 3. The third-order valence-electron chi connectivity index (χ3n) is 3.31. The number of ether oxygens (including phenoxy) is 1. The molecular weight excluding hydrogens is 289 g/mol. The zero-order valence-electron chi connectivity index (χ0n) is 11.3. The minimum atomic E-state index is -4.41. The Labute approximate surface area is 119 Å². The van der Waals surface area contributed by atoms with Crippen LogP contribution in [0.4, 0.5) is 19.0 Å². The van der Waals surface area contributed by atoms with E-state index in [1.165, 1.54) is 4.90 Å². The van der Waals surface area contributed by atoms with Crippen molar-refractivity contribution in [3.05, 3.63) is 12.3 Å². The van der Waals surface area contributed by atoms with Crippen LogP contribution in [0.1, 0.15) is 18.9 Å². The maximum absolute atomic E-state index is 11.9. The minimum absolute atomic E-state index is 0.155. The highest BCUT2D eigenvalue weighted by Crippen LogP contribution is 2.22. The number of anilines is 1. The summed E-state index contributed by atoms with van der Waals surface area (Å²) in [6.45, 7) is -1.00. The third kappa shape index (κ3) is 4.62. The molecular formula is C12H17F3N4O2. The normalized spacial score (nSPS) is 17.2. The van der Waals surface area contributed by atoms with E-state index >= 15 is 0 Å². The predicted octanol–water partition coefficient (Wildman–Crippen LogP) is 1.21. The summed E-state index contributed by atoms with van der Waals surface area (Å²) in [7, 11) is 0. The molecule has 0 unspecified atom stereocenters. The van der Waals surface area contributed by atoms with Crippen molar-refractivity contribution >= 4 is 11.7 Å². The van der Waals surface area contributed by atoms with Crippen molar-refractivity contribution in [1.82, 2.24) is 14.7 Å². The van der Waals surface area contributed by atoms with Crippen LogP contribution in [-0.2, 0) is 9.53 Å². The zero-order valence-corrected chi connectivity index (χ0v) is 11.3. The summed E-state index contributed by atoms with van der Waals surface area (Å²) in [6, 6.07) is 1.85. The van der Waals surface area contributed by atoms with E-state index in [0.29, 0.717) is 31.7 Å². The molecule has 2 rings (SSSR count). The maximum atomic E-state index is 11.9. The Morgan fingerprint density at radius 2 is 2.10 bits per heavy atom. The second-order valence-electron chi connectivity index (χ2n) is 4.94. The second-order valence-corrected chi connectivity index (χ2v) is 4.94. The number of alkyl halides is 3. The van der Waals surface area contributed by atoms with Gasteiger partial charge in [-0.05, 0) is 18.9 Å². The SMILES string of the molecule is Nc1ccn(C2CCN(C(=O)COCC(F)(F)F)CC2)n1. The van der Waals surface area contributed by atoms with Gasteiger partial charge in [0.05, 0.1) is 6.04 Å². The van der Waals surface area contributed by atoms with Gasteiger partial charge in [-0.1, -0.05) is 0 Å². The van der Waals surface area contributed by atoms with Crippen LogP contribution in [0, 0.1) is 0 Å². The molecule has 0 saturated carbocycles. The van der Waals surface area contributed by atoms with Crippen molar-refractivity contribution < 1.29 is 22.7 Å². The molecule has 1 aromatic heterocycles. The Kier molecular flexibility index (Phi) is 4.71. The molecule has 118 valence electrons. The first-order valence-electron chi connectivity index (χ1n) is 6.58. The Morgan fingerprint density at radius 3 is 2.62 bits per heavy atom. The molecule has 2 heterocycles. The van der Waals surface area contributed by atoms with Crippen LogP contribution in [-0.4, -0.2) is 53.1 Å². The number of nitrogens with zero attached hydrogens (tertiary/aromatic N) is 3. The van der Waals surface area contributed by atoms with Gasteiger partial charge < -0.3 is 15.4 Å². The van der Waals surface area contributed by atoms with Crippen LogP contribution in [0.2, 0.25) is 0 Å². The first-order valence-corrected chi connectivity index (χ1v) is 6.58. The molecule has 0 radical (unpaired) electrons. The summed E-state index contributed by atoms with van der Waals surface area (Å²) in [4.78, 5) is 13.2. The number of hydrogen-bond acceptors (Lipinski definition) is 4. The average molecular weight is 306 g/mol. The van der Waals surface area contributed by atoms with Crippen LogP contribution in [0.5, 0.6) is 0 Å². The molecule has 2 N–H and O–H groups in total. The van der Waals surface area contributed by atoms with E-state index in [9.17, 15) is 18.0 Å². The second kappa shape index (κ2) is 6.33. The summed E-state index contributed by atoms with van der Waals surface area (Å²) >= 11 is 0. The van der Waals surface area contributed by atoms with Gasteiger partial charge in [0, 0.05) is 19.3 Å². The summed E-state index contributed by atoms with van der Waals surface area (Å²) in [5, 5.41) is 4.12. The molecule has 6 nitrogen and oxygen atoms in total. The lowest BCUT2D eigenvalue weighted by atomic mass is 10.1. The molecule has 0 aliphatic carbocycles. The zero-order chi connectivity index (χ0) is 15.5. The van der Waals surface area contributed by atoms with Gasteiger partial charge in [0.15, 0.2) is 0 Å². The number of carbonyl (C=O) groups excluding carboxylic acids is 1. The topological polar surface area (TPSA) is 73.4 Å². The Hall–Kier alpha value is -1.77. The van der Waals surface area contributed by atoms with E-state index in [1.54, 1.807) is 16.9 Å². The number of hydrogen-bond donors (Lipinski definition) is 1. The lowest BCUT2D eigenvalue weighted by Crippen LogP contribution is -2.41. The van der Waals surface area contributed by atoms with Crippen LogP contribution in [0.3, 0.4) is 0 Å². The number of amides is 1. The monoisotopic (exact) mass is 306 g/mol. The van der Waals surface area contributed by atoms with Gasteiger partial charge in [-0.25, -0.2) is 0 Å². The fraction of sp³-hybridized carbons (Fsp3) is 0.667. The van der Waals surface area contributed by atoms with E-state index in [0.717, 1.165) is 0 Å². The summed E-state index contributed by atoms with van der Waals surface area (Å²) in [5.41, 5.74) is 5.55. The lowest BCUT2D eigenvalue weighted by molar-refractivity contribution is -0.178. The number of nitrogens with two attached hydrogens (primary N) is 1. The van der Waals surface area contributed by atoms with Crippen molar-refractivity contribution in [2.24, 2.45) is 0 Å². The summed E-state index contributed by atoms with van der Waals surface area (Å²) < 4.78 is 41.9. The Balaban J connectivity index is 1.74. The van der Waals surface area contributed by atoms with Gasteiger partial charge in [-0.3, -0.25) is 9.48 Å². The molecule has 1 aliphatic rings. The quantitative estimate of drug-likeness (QED) is 0.907. The van der Waals surface area contributed by atoms with E-state index in [-0.39, 0.29) is 6.04 Å². The molecule has 0 aromatic carbocycles. The van der Waals surface area contributed by atoms with Gasteiger partial charge in [0.1, 0.15) is 19.0 Å². The first kappa shape index (κ1) is 15.6. The Bertz CT molecular complexity index is 481. The molecule has 0 atom stereocenters. The van der Waals surface area contributed by atoms with Gasteiger partial charge in [-0.2, -0.15) is 18.3 Å². The molecule has 0 bridgehead atoms. The van der Waals surface area contributed by atoms with Crippen LogP contribution in [0.15, 0.2) is 12.3 Å². The highest BCUT2D eigenvalue weighted by molar-refractivity contribution is 5.77. The van der Waals surface area contributed by atoms with E-state index < -0.39 is 25.3 Å². The molecule has 0 spiro atoms. The van der Waals surface area contributed by atoms with Crippen molar-refractivity contribution in [2.75, 3.05) is 32.0 Å². The lowest BCUT2D eigenvalue weighted by Gasteiger charge is -2.32. The predicted molar refractivity (Wildman–Crippen MR) is 68.4 cm³/mol. The third-order valence-corrected chi connectivity index (χ3v) is 3.31. The number of nitrogen functional groups attached to an aromatic ring is 1. The summed E-state index contributed by atoms with van der Waals surface area (Å²) in [5.74, 6) is 0.0201. The number of carbonyl (C=O) groups is 1. The van der Waals surface area contributed by atoms with Gasteiger partial charge in [-0.15, -0.1) is 0 Å². The standard InChI is InChI=1S/C12H17F3N4O2/c13-12(14,15)8-21-7-11(20)18-4-1-9(2-5-18)19-6-3-10(16)17-19/h3,6,9H,1-2,4-5,7-8H2,(H2,16,17). The molecule has 1 aromatic rings. The first-order chi connectivity index (χ1) is 9.85. The van der Waals surface area contributed by atoms with Crippen LogP contribution in [0.25, 0.3) is 0 Å². The number of piperidine rings is 1. The van der Waals surface area contributed by atoms with Crippen molar-refractivity contribution in [3.8, 4) is 0 Å². The Morgan fingerprint density at radius 1 is 1.43 bits per heavy atom. The minimum Gasteiger partial charge on any atom is -0.382 e. The van der Waals surface area contributed by atoms with Crippen LogP contribution < -0.4 is 5.73 Å². The molecule has 1 aliphatic heterocycles. The maximum Gasteiger partial charge on any atom is 0.411 e. The fourth-order valence-corrected chi connectivity index (χ4v) is 2.28. The van der Waals surface area contributed by atoms with Crippen LogP contribution >= 0.6 is 0 Å². The molecule has 1 saturated heterocycles. The van der Waals surface area contributed by atoms with Gasteiger partial charge >= 0.3 is 6.18 Å². The molecule has 1 amide bonds. The van der Waals surface area contributed by atoms with Crippen molar-refractivity contribution in [1.29, 1.82) is 0 Å².